The number of thioether (sulfide) groups is 1. The van der Waals surface area contributed by atoms with E-state index in [9.17, 15) is 9.90 Å². The number of benzene rings is 1. The number of aliphatic carboxylic acids is 1. The maximum absolute atomic E-state index is 11.2. The second-order valence-corrected chi connectivity index (χ2v) is 6.01. The third-order valence-electron chi connectivity index (χ3n) is 3.33. The normalized spacial score (nSPS) is 24.5. The van der Waals surface area contributed by atoms with Gasteiger partial charge in [-0.15, -0.1) is 11.8 Å². The molecule has 1 aromatic rings. The van der Waals surface area contributed by atoms with Gasteiger partial charge in [-0.1, -0.05) is 30.5 Å². The molecule has 0 heterocycles. The lowest BCUT2D eigenvalue weighted by Crippen LogP contribution is -2.28. The zero-order chi connectivity index (χ0) is 12.3. The Morgan fingerprint density at radius 3 is 2.53 bits per heavy atom. The van der Waals surface area contributed by atoms with Gasteiger partial charge in [-0.25, -0.2) is 0 Å². The van der Waals surface area contributed by atoms with Crippen molar-refractivity contribution in [3.05, 3.63) is 29.8 Å². The Labute approximate surface area is 106 Å². The van der Waals surface area contributed by atoms with Crippen molar-refractivity contribution in [1.29, 1.82) is 0 Å². The van der Waals surface area contributed by atoms with Gasteiger partial charge in [0.05, 0.1) is 5.92 Å². The van der Waals surface area contributed by atoms with Crippen molar-refractivity contribution < 1.29 is 9.90 Å². The Bertz CT molecular complexity index is 386. The average Bonchev–Trinajstić information content (AvgIpc) is 2.32. The van der Waals surface area contributed by atoms with Crippen LogP contribution in [0.3, 0.4) is 0 Å². The molecule has 0 radical (unpaired) electrons. The minimum Gasteiger partial charge on any atom is -0.481 e. The van der Waals surface area contributed by atoms with Gasteiger partial charge in [0.2, 0.25) is 0 Å². The molecule has 0 aromatic heterocycles. The van der Waals surface area contributed by atoms with Crippen LogP contribution in [0.5, 0.6) is 0 Å². The van der Waals surface area contributed by atoms with Crippen molar-refractivity contribution in [2.45, 2.75) is 42.8 Å². The Kier molecular flexibility index (Phi) is 4.11. The lowest BCUT2D eigenvalue weighted by atomic mass is 9.89. The van der Waals surface area contributed by atoms with Gasteiger partial charge in [0.15, 0.2) is 0 Å². The molecule has 2 nitrogen and oxygen atoms in total. The van der Waals surface area contributed by atoms with Crippen molar-refractivity contribution in [2.75, 3.05) is 0 Å². The van der Waals surface area contributed by atoms with Crippen LogP contribution >= 0.6 is 11.8 Å². The molecule has 1 saturated carbocycles. The predicted octanol–water partition coefficient (Wildman–Crippen LogP) is 3.73. The molecule has 1 N–H and O–H groups in total. The lowest BCUT2D eigenvalue weighted by Gasteiger charge is -2.27. The molecular formula is C14H18O2S. The summed E-state index contributed by atoms with van der Waals surface area (Å²) in [6.45, 7) is 2.06. The van der Waals surface area contributed by atoms with E-state index in [1.807, 2.05) is 0 Å². The number of hydrogen-bond donors (Lipinski definition) is 1. The maximum atomic E-state index is 11.2. The monoisotopic (exact) mass is 250 g/mol. The molecule has 0 bridgehead atoms. The zero-order valence-electron chi connectivity index (χ0n) is 10.1. The van der Waals surface area contributed by atoms with Gasteiger partial charge in [-0.05, 0) is 31.9 Å². The van der Waals surface area contributed by atoms with E-state index in [4.69, 9.17) is 0 Å². The summed E-state index contributed by atoms with van der Waals surface area (Å²) in [5, 5.41) is 9.46. The number of carbonyl (C=O) groups is 1. The molecule has 3 heteroatoms. The fraction of sp³-hybridized carbons (Fsp3) is 0.500. The number of carboxylic acids is 1. The third-order valence-corrected chi connectivity index (χ3v) is 4.74. The Hall–Kier alpha value is -0.960. The molecule has 92 valence electrons. The first-order valence-corrected chi connectivity index (χ1v) is 7.01. The number of hydrogen-bond acceptors (Lipinski definition) is 2. The van der Waals surface area contributed by atoms with Crippen LogP contribution in [-0.2, 0) is 4.79 Å². The van der Waals surface area contributed by atoms with E-state index in [0.717, 1.165) is 25.7 Å². The molecular weight excluding hydrogens is 232 g/mol. The molecule has 1 aromatic carbocycles. The van der Waals surface area contributed by atoms with Crippen LogP contribution in [0.15, 0.2) is 29.2 Å². The second-order valence-electron chi connectivity index (χ2n) is 4.70. The molecule has 2 unspecified atom stereocenters. The van der Waals surface area contributed by atoms with Crippen molar-refractivity contribution in [1.82, 2.24) is 0 Å². The highest BCUT2D eigenvalue weighted by atomic mass is 32.2. The van der Waals surface area contributed by atoms with E-state index in [1.54, 1.807) is 11.8 Å². The van der Waals surface area contributed by atoms with E-state index < -0.39 is 5.97 Å². The van der Waals surface area contributed by atoms with E-state index in [0.29, 0.717) is 0 Å². The molecule has 1 aliphatic carbocycles. The van der Waals surface area contributed by atoms with Crippen LogP contribution in [-0.4, -0.2) is 16.3 Å². The highest BCUT2D eigenvalue weighted by molar-refractivity contribution is 8.00. The molecule has 0 saturated heterocycles. The minimum atomic E-state index is -0.630. The standard InChI is InChI=1S/C14H18O2S/c1-10-6-8-11(9-7-10)17-13-5-3-2-4-12(13)14(15)16/h6-9,12-13H,2-5H2,1H3,(H,15,16). The molecule has 2 rings (SSSR count). The van der Waals surface area contributed by atoms with Gasteiger partial charge in [0.1, 0.15) is 0 Å². The van der Waals surface area contributed by atoms with E-state index in [-0.39, 0.29) is 11.2 Å². The molecule has 17 heavy (non-hydrogen) atoms. The molecule has 0 spiro atoms. The van der Waals surface area contributed by atoms with E-state index in [2.05, 4.69) is 31.2 Å². The number of carboxylic acid groups (broad SMARTS) is 1. The Balaban J connectivity index is 2.05. The third kappa shape index (κ3) is 3.25. The summed E-state index contributed by atoms with van der Waals surface area (Å²) in [5.74, 6) is -0.802. The van der Waals surface area contributed by atoms with Crippen molar-refractivity contribution >= 4 is 17.7 Å². The van der Waals surface area contributed by atoms with Gasteiger partial charge in [-0.3, -0.25) is 4.79 Å². The van der Waals surface area contributed by atoms with Crippen LogP contribution in [0.1, 0.15) is 31.2 Å². The zero-order valence-corrected chi connectivity index (χ0v) is 10.9. The fourth-order valence-electron chi connectivity index (χ4n) is 2.31. The van der Waals surface area contributed by atoms with Crippen LogP contribution in [0, 0.1) is 12.8 Å². The second kappa shape index (κ2) is 5.58. The smallest absolute Gasteiger partial charge is 0.307 e. The molecule has 1 fully saturated rings. The summed E-state index contributed by atoms with van der Waals surface area (Å²) in [4.78, 5) is 12.4. The summed E-state index contributed by atoms with van der Waals surface area (Å²) < 4.78 is 0. The largest absolute Gasteiger partial charge is 0.481 e. The van der Waals surface area contributed by atoms with Crippen LogP contribution < -0.4 is 0 Å². The van der Waals surface area contributed by atoms with Gasteiger partial charge in [-0.2, -0.15) is 0 Å². The highest BCUT2D eigenvalue weighted by Crippen LogP contribution is 2.37. The van der Waals surface area contributed by atoms with Crippen molar-refractivity contribution in [2.24, 2.45) is 5.92 Å². The number of aryl methyl sites for hydroxylation is 1. The van der Waals surface area contributed by atoms with Gasteiger partial charge >= 0.3 is 5.97 Å². The summed E-state index contributed by atoms with van der Waals surface area (Å²) in [5.41, 5.74) is 1.24. The van der Waals surface area contributed by atoms with Crippen LogP contribution in [0.2, 0.25) is 0 Å². The number of rotatable bonds is 3. The average molecular weight is 250 g/mol. The van der Waals surface area contributed by atoms with Gasteiger partial charge in [0.25, 0.3) is 0 Å². The van der Waals surface area contributed by atoms with E-state index in [1.165, 1.54) is 10.5 Å². The SMILES string of the molecule is Cc1ccc(SC2CCCCC2C(=O)O)cc1. The van der Waals surface area contributed by atoms with Crippen molar-refractivity contribution in [3.8, 4) is 0 Å². The molecule has 0 aliphatic heterocycles. The van der Waals surface area contributed by atoms with Crippen molar-refractivity contribution in [3.63, 3.8) is 0 Å². The lowest BCUT2D eigenvalue weighted by molar-refractivity contribution is -0.142. The molecule has 1 aliphatic rings. The molecule has 2 atom stereocenters. The summed E-state index contributed by atoms with van der Waals surface area (Å²) in [7, 11) is 0. The van der Waals surface area contributed by atoms with Gasteiger partial charge < -0.3 is 5.11 Å². The highest BCUT2D eigenvalue weighted by Gasteiger charge is 2.31. The van der Waals surface area contributed by atoms with E-state index >= 15 is 0 Å². The minimum absolute atomic E-state index is 0.171. The Morgan fingerprint density at radius 1 is 1.24 bits per heavy atom. The maximum Gasteiger partial charge on any atom is 0.307 e. The predicted molar refractivity (Wildman–Crippen MR) is 70.4 cm³/mol. The first kappa shape index (κ1) is 12.5. The topological polar surface area (TPSA) is 37.3 Å². The summed E-state index contributed by atoms with van der Waals surface area (Å²) in [6.07, 6.45) is 4.07. The van der Waals surface area contributed by atoms with Gasteiger partial charge in [0, 0.05) is 10.1 Å². The molecule has 0 amide bonds. The van der Waals surface area contributed by atoms with Crippen LogP contribution in [0.4, 0.5) is 0 Å². The van der Waals surface area contributed by atoms with Crippen LogP contribution in [0.25, 0.3) is 0 Å². The quantitative estimate of drug-likeness (QED) is 0.888. The Morgan fingerprint density at radius 2 is 1.88 bits per heavy atom. The summed E-state index contributed by atoms with van der Waals surface area (Å²) >= 11 is 1.73. The first-order chi connectivity index (χ1) is 8.16. The fourth-order valence-corrected chi connectivity index (χ4v) is 3.66. The first-order valence-electron chi connectivity index (χ1n) is 6.13. The summed E-state index contributed by atoms with van der Waals surface area (Å²) in [6, 6.07) is 8.35.